The Labute approximate surface area is 165 Å². The van der Waals surface area contributed by atoms with Gasteiger partial charge in [0.1, 0.15) is 5.75 Å². The van der Waals surface area contributed by atoms with Gasteiger partial charge in [-0.3, -0.25) is 14.6 Å². The number of benzene rings is 1. The number of pyridine rings is 1. The number of rotatable bonds is 7. The maximum atomic E-state index is 12.5. The maximum Gasteiger partial charge on any atom is 0.252 e. The van der Waals surface area contributed by atoms with E-state index in [1.165, 1.54) is 0 Å². The zero-order valence-electron chi connectivity index (χ0n) is 16.3. The van der Waals surface area contributed by atoms with Crippen LogP contribution in [0.2, 0.25) is 0 Å². The number of likely N-dealkylation sites (tertiary alicyclic amines) is 1. The third kappa shape index (κ3) is 5.55. The van der Waals surface area contributed by atoms with Crippen molar-refractivity contribution in [1.82, 2.24) is 15.2 Å². The number of aromatic nitrogens is 1. The van der Waals surface area contributed by atoms with Crippen molar-refractivity contribution in [2.24, 2.45) is 5.92 Å². The van der Waals surface area contributed by atoms with E-state index >= 15 is 0 Å². The van der Waals surface area contributed by atoms with Crippen LogP contribution in [0.1, 0.15) is 35.2 Å². The lowest BCUT2D eigenvalue weighted by Gasteiger charge is -2.32. The summed E-state index contributed by atoms with van der Waals surface area (Å²) >= 11 is 0. The van der Waals surface area contributed by atoms with Gasteiger partial charge < -0.3 is 15.0 Å². The van der Waals surface area contributed by atoms with Crippen LogP contribution in [-0.2, 0) is 11.2 Å². The van der Waals surface area contributed by atoms with Crippen molar-refractivity contribution in [3.63, 3.8) is 0 Å². The average molecular weight is 381 g/mol. The van der Waals surface area contributed by atoms with Crippen molar-refractivity contribution in [2.45, 2.75) is 25.7 Å². The summed E-state index contributed by atoms with van der Waals surface area (Å²) < 4.78 is 5.16. The molecule has 1 aliphatic rings. The summed E-state index contributed by atoms with van der Waals surface area (Å²) in [5.41, 5.74) is 1.72. The van der Waals surface area contributed by atoms with Crippen LogP contribution in [0, 0.1) is 5.92 Å². The van der Waals surface area contributed by atoms with E-state index in [2.05, 4.69) is 10.3 Å². The van der Waals surface area contributed by atoms with Crippen molar-refractivity contribution in [2.75, 3.05) is 26.7 Å². The van der Waals surface area contributed by atoms with E-state index in [0.717, 1.165) is 43.7 Å². The molecule has 0 aliphatic carbocycles. The molecule has 1 fully saturated rings. The van der Waals surface area contributed by atoms with Gasteiger partial charge in [-0.1, -0.05) is 12.1 Å². The Hall–Kier alpha value is -2.89. The predicted molar refractivity (Wildman–Crippen MR) is 107 cm³/mol. The summed E-state index contributed by atoms with van der Waals surface area (Å²) in [7, 11) is 1.65. The van der Waals surface area contributed by atoms with Crippen molar-refractivity contribution in [1.29, 1.82) is 0 Å². The fourth-order valence-electron chi connectivity index (χ4n) is 3.42. The van der Waals surface area contributed by atoms with E-state index in [9.17, 15) is 9.59 Å². The highest BCUT2D eigenvalue weighted by Crippen LogP contribution is 2.18. The Morgan fingerprint density at radius 2 is 1.93 bits per heavy atom. The molecule has 148 valence electrons. The van der Waals surface area contributed by atoms with Crippen LogP contribution in [0.5, 0.6) is 5.75 Å². The Balaban J connectivity index is 1.37. The molecular weight excluding hydrogens is 354 g/mol. The third-order valence-corrected chi connectivity index (χ3v) is 5.23. The van der Waals surface area contributed by atoms with E-state index in [-0.39, 0.29) is 11.8 Å². The normalized spacial score (nSPS) is 14.5. The van der Waals surface area contributed by atoms with Crippen LogP contribution in [0.4, 0.5) is 0 Å². The number of amides is 2. The summed E-state index contributed by atoms with van der Waals surface area (Å²) in [6.45, 7) is 2.16. The Morgan fingerprint density at radius 3 is 2.57 bits per heavy atom. The molecule has 1 aromatic carbocycles. The molecule has 2 heterocycles. The Kier molecular flexibility index (Phi) is 7.00. The average Bonchev–Trinajstić information content (AvgIpc) is 2.77. The fraction of sp³-hybridized carbons (Fsp3) is 0.409. The third-order valence-electron chi connectivity index (χ3n) is 5.23. The fourth-order valence-corrected chi connectivity index (χ4v) is 3.42. The smallest absolute Gasteiger partial charge is 0.252 e. The predicted octanol–water partition coefficient (Wildman–Crippen LogP) is 2.69. The van der Waals surface area contributed by atoms with E-state index in [1.807, 2.05) is 29.2 Å². The zero-order chi connectivity index (χ0) is 19.8. The second kappa shape index (κ2) is 9.88. The zero-order valence-corrected chi connectivity index (χ0v) is 16.3. The number of hydrogen-bond donors (Lipinski definition) is 1. The standard InChI is InChI=1S/C22H27N3O3/c1-28-20-7-4-17(5-8-20)6-9-21(26)25-13-10-18(11-14-25)15-24-22(27)19-3-2-12-23-16-19/h2-5,7-8,12,16,18H,6,9-11,13-15H2,1H3,(H,24,27). The Bertz CT molecular complexity index is 769. The number of ether oxygens (including phenoxy) is 1. The van der Waals surface area contributed by atoms with E-state index in [0.29, 0.717) is 24.4 Å². The quantitative estimate of drug-likeness (QED) is 0.800. The first-order valence-corrected chi connectivity index (χ1v) is 9.74. The number of nitrogens with one attached hydrogen (secondary N) is 1. The highest BCUT2D eigenvalue weighted by atomic mass is 16.5. The minimum atomic E-state index is -0.0916. The van der Waals surface area contributed by atoms with Gasteiger partial charge in [-0.05, 0) is 55.0 Å². The summed E-state index contributed by atoms with van der Waals surface area (Å²) in [6, 6.07) is 11.4. The lowest BCUT2D eigenvalue weighted by atomic mass is 9.96. The molecule has 6 nitrogen and oxygen atoms in total. The molecule has 1 saturated heterocycles. The monoisotopic (exact) mass is 381 g/mol. The van der Waals surface area contributed by atoms with Crippen molar-refractivity contribution >= 4 is 11.8 Å². The SMILES string of the molecule is COc1ccc(CCC(=O)N2CCC(CNC(=O)c3cccnc3)CC2)cc1. The summed E-state index contributed by atoms with van der Waals surface area (Å²) in [4.78, 5) is 30.5. The lowest BCUT2D eigenvalue weighted by Crippen LogP contribution is -2.41. The molecule has 1 aliphatic heterocycles. The van der Waals surface area contributed by atoms with Gasteiger partial charge in [-0.25, -0.2) is 0 Å². The summed E-state index contributed by atoms with van der Waals surface area (Å²) in [5, 5.41) is 2.98. The number of hydrogen-bond acceptors (Lipinski definition) is 4. The minimum Gasteiger partial charge on any atom is -0.497 e. The highest BCUT2D eigenvalue weighted by Gasteiger charge is 2.23. The molecule has 28 heavy (non-hydrogen) atoms. The van der Waals surface area contributed by atoms with Crippen LogP contribution >= 0.6 is 0 Å². The molecule has 2 aromatic rings. The molecule has 3 rings (SSSR count). The second-order valence-corrected chi connectivity index (χ2v) is 7.12. The number of methoxy groups -OCH3 is 1. The summed E-state index contributed by atoms with van der Waals surface area (Å²) in [5.74, 6) is 1.35. The van der Waals surface area contributed by atoms with Gasteiger partial charge in [-0.15, -0.1) is 0 Å². The summed E-state index contributed by atoms with van der Waals surface area (Å²) in [6.07, 6.45) is 6.32. The molecule has 1 N–H and O–H groups in total. The van der Waals surface area contributed by atoms with Crippen LogP contribution in [0.25, 0.3) is 0 Å². The van der Waals surface area contributed by atoms with Crippen LogP contribution < -0.4 is 10.1 Å². The van der Waals surface area contributed by atoms with Gasteiger partial charge in [0.05, 0.1) is 12.7 Å². The van der Waals surface area contributed by atoms with Crippen LogP contribution in [0.3, 0.4) is 0 Å². The minimum absolute atomic E-state index is 0.0916. The number of carbonyl (C=O) groups is 2. The van der Waals surface area contributed by atoms with Crippen molar-refractivity contribution in [3.05, 3.63) is 59.9 Å². The molecule has 0 spiro atoms. The van der Waals surface area contributed by atoms with Crippen LogP contribution in [-0.4, -0.2) is 48.4 Å². The van der Waals surface area contributed by atoms with Gasteiger partial charge in [0.15, 0.2) is 0 Å². The molecule has 0 bridgehead atoms. The van der Waals surface area contributed by atoms with Gasteiger partial charge in [0, 0.05) is 38.4 Å². The molecular formula is C22H27N3O3. The van der Waals surface area contributed by atoms with E-state index in [1.54, 1.807) is 31.6 Å². The molecule has 1 aromatic heterocycles. The molecule has 2 amide bonds. The first-order valence-electron chi connectivity index (χ1n) is 9.74. The van der Waals surface area contributed by atoms with Gasteiger partial charge in [-0.2, -0.15) is 0 Å². The maximum absolute atomic E-state index is 12.5. The highest BCUT2D eigenvalue weighted by molar-refractivity contribution is 5.93. The van der Waals surface area contributed by atoms with Crippen molar-refractivity contribution in [3.8, 4) is 5.75 Å². The number of aryl methyl sites for hydroxylation is 1. The number of piperidine rings is 1. The first kappa shape index (κ1) is 19.9. The Morgan fingerprint density at radius 1 is 1.18 bits per heavy atom. The van der Waals surface area contributed by atoms with Gasteiger partial charge in [0.2, 0.25) is 5.91 Å². The molecule has 0 radical (unpaired) electrons. The molecule has 0 unspecified atom stereocenters. The lowest BCUT2D eigenvalue weighted by molar-refractivity contribution is -0.132. The molecule has 0 saturated carbocycles. The first-order chi connectivity index (χ1) is 13.7. The largest absolute Gasteiger partial charge is 0.497 e. The van der Waals surface area contributed by atoms with Gasteiger partial charge >= 0.3 is 0 Å². The van der Waals surface area contributed by atoms with E-state index < -0.39 is 0 Å². The second-order valence-electron chi connectivity index (χ2n) is 7.12. The van der Waals surface area contributed by atoms with Crippen molar-refractivity contribution < 1.29 is 14.3 Å². The number of carbonyl (C=O) groups excluding carboxylic acids is 2. The van der Waals surface area contributed by atoms with Crippen LogP contribution in [0.15, 0.2) is 48.8 Å². The van der Waals surface area contributed by atoms with E-state index in [4.69, 9.17) is 4.74 Å². The number of nitrogens with zero attached hydrogens (tertiary/aromatic N) is 2. The molecule has 0 atom stereocenters. The topological polar surface area (TPSA) is 71.5 Å². The van der Waals surface area contributed by atoms with Gasteiger partial charge in [0.25, 0.3) is 5.91 Å². The molecule has 6 heteroatoms.